The minimum absolute atomic E-state index is 0. The Balaban J connectivity index is 0. The number of carbonyl (C=O) groups excluding carboxylic acids is 2. The second-order valence-corrected chi connectivity index (χ2v) is 5.51. The molecule has 0 saturated carbocycles. The highest BCUT2D eigenvalue weighted by Gasteiger charge is 2.15. The zero-order valence-corrected chi connectivity index (χ0v) is 14.3. The number of ether oxygens (including phenoxy) is 5. The van der Waals surface area contributed by atoms with Crippen LogP contribution < -0.4 is 5.32 Å². The van der Waals surface area contributed by atoms with E-state index in [1.165, 1.54) is 0 Å². The first-order chi connectivity index (χ1) is 11.0. The second kappa shape index (κ2) is 16.6. The van der Waals surface area contributed by atoms with Crippen molar-refractivity contribution in [2.75, 3.05) is 59.4 Å². The zero-order chi connectivity index (χ0) is 17.4. The maximum atomic E-state index is 11.3. The molecule has 0 fully saturated rings. The summed E-state index contributed by atoms with van der Waals surface area (Å²) in [6.45, 7) is 8.96. The molecule has 8 heteroatoms. The number of nitrogens with one attached hydrogen (secondary N) is 1. The average Bonchev–Trinajstić information content (AvgIpc) is 2.46. The monoisotopic (exact) mass is 351 g/mol. The van der Waals surface area contributed by atoms with Gasteiger partial charge in [-0.2, -0.15) is 0 Å². The number of amides is 1. The van der Waals surface area contributed by atoms with Crippen LogP contribution in [0.1, 0.15) is 28.2 Å². The van der Waals surface area contributed by atoms with Crippen molar-refractivity contribution in [2.45, 2.75) is 33.8 Å². The van der Waals surface area contributed by atoms with E-state index in [0.29, 0.717) is 59.1 Å². The van der Waals surface area contributed by atoms with Crippen molar-refractivity contribution in [1.82, 2.24) is 5.32 Å². The molecule has 0 aromatic carbocycles. The molecule has 8 nitrogen and oxygen atoms in total. The van der Waals surface area contributed by atoms with E-state index in [2.05, 4.69) is 5.32 Å². The van der Waals surface area contributed by atoms with E-state index in [4.69, 9.17) is 23.7 Å². The first-order valence-corrected chi connectivity index (χ1v) is 7.67. The Morgan fingerprint density at radius 2 is 1.33 bits per heavy atom. The number of hydrogen-bond donors (Lipinski definition) is 1. The summed E-state index contributed by atoms with van der Waals surface area (Å²) < 4.78 is 25.8. The van der Waals surface area contributed by atoms with Gasteiger partial charge in [0.2, 0.25) is 0 Å². The molecule has 0 rings (SSSR count). The third-order valence-corrected chi connectivity index (χ3v) is 2.22. The normalized spacial score (nSPS) is 10.8. The highest BCUT2D eigenvalue weighted by Crippen LogP contribution is 2.05. The van der Waals surface area contributed by atoms with Gasteiger partial charge in [-0.05, 0) is 20.8 Å². The summed E-state index contributed by atoms with van der Waals surface area (Å²) in [7, 11) is 0. The van der Waals surface area contributed by atoms with Crippen LogP contribution in [0.2, 0.25) is 0 Å². The summed E-state index contributed by atoms with van der Waals surface area (Å²) in [6.07, 6.45) is 0.248. The van der Waals surface area contributed by atoms with Crippen molar-refractivity contribution >= 4 is 12.4 Å². The quantitative estimate of drug-likeness (QED) is 0.374. The number of alkyl carbamates (subject to hydrolysis) is 1. The maximum Gasteiger partial charge on any atom is 0.407 e. The Labute approximate surface area is 145 Å². The number of carbonyl (C=O) groups is 2. The van der Waals surface area contributed by atoms with Gasteiger partial charge in [0.15, 0.2) is 0 Å². The van der Waals surface area contributed by atoms with Crippen molar-refractivity contribution in [3.05, 3.63) is 0 Å². The predicted octanol–water partition coefficient (Wildman–Crippen LogP) is 1.41. The van der Waals surface area contributed by atoms with E-state index < -0.39 is 11.7 Å². The molecule has 0 radical (unpaired) electrons. The van der Waals surface area contributed by atoms with Gasteiger partial charge in [0.1, 0.15) is 18.5 Å². The van der Waals surface area contributed by atoms with Gasteiger partial charge in [-0.1, -0.05) is 7.43 Å². The minimum atomic E-state index is -0.499. The van der Waals surface area contributed by atoms with E-state index in [0.717, 1.165) is 0 Å². The van der Waals surface area contributed by atoms with Crippen LogP contribution in [-0.2, 0) is 28.5 Å². The van der Waals surface area contributed by atoms with E-state index in [-0.39, 0.29) is 14.0 Å². The summed E-state index contributed by atoms with van der Waals surface area (Å²) in [5.74, 6) is 0. The van der Waals surface area contributed by atoms with Gasteiger partial charge in [0.25, 0.3) is 0 Å². The molecule has 1 N–H and O–H groups in total. The molecule has 0 aliphatic heterocycles. The average molecular weight is 351 g/mol. The lowest BCUT2D eigenvalue weighted by molar-refractivity contribution is -0.112. The smallest absolute Gasteiger partial charge is 0.407 e. The Hall–Kier alpha value is -1.22. The fraction of sp³-hybridized carbons (Fsp3) is 0.875. The summed E-state index contributed by atoms with van der Waals surface area (Å²) in [6, 6.07) is 0. The Kier molecular flexibility index (Phi) is 17.3. The number of rotatable bonds is 14. The van der Waals surface area contributed by atoms with Crippen molar-refractivity contribution < 1.29 is 33.3 Å². The van der Waals surface area contributed by atoms with Crippen LogP contribution in [0.25, 0.3) is 0 Å². The molecule has 0 heterocycles. The van der Waals surface area contributed by atoms with Crippen molar-refractivity contribution in [3.63, 3.8) is 0 Å². The van der Waals surface area contributed by atoms with Crippen LogP contribution in [0.3, 0.4) is 0 Å². The van der Waals surface area contributed by atoms with Crippen LogP contribution in [-0.4, -0.2) is 77.4 Å². The fourth-order valence-corrected chi connectivity index (χ4v) is 1.33. The Morgan fingerprint density at radius 3 is 1.79 bits per heavy atom. The lowest BCUT2D eigenvalue weighted by atomic mass is 10.2. The van der Waals surface area contributed by atoms with E-state index in [9.17, 15) is 9.59 Å². The van der Waals surface area contributed by atoms with E-state index in [1.807, 2.05) is 20.8 Å². The molecular formula is C16H33NO7. The van der Waals surface area contributed by atoms with Crippen LogP contribution in [0.4, 0.5) is 4.79 Å². The van der Waals surface area contributed by atoms with Crippen LogP contribution in [0.5, 0.6) is 0 Å². The molecule has 0 aliphatic rings. The molecule has 0 aromatic heterocycles. The third kappa shape index (κ3) is 20.8. The molecule has 144 valence electrons. The predicted molar refractivity (Wildman–Crippen MR) is 90.3 cm³/mol. The first kappa shape index (κ1) is 25.0. The Bertz CT molecular complexity index is 305. The van der Waals surface area contributed by atoms with Gasteiger partial charge in [0, 0.05) is 6.54 Å². The van der Waals surface area contributed by atoms with Crippen LogP contribution in [0.15, 0.2) is 0 Å². The summed E-state index contributed by atoms with van der Waals surface area (Å²) in [4.78, 5) is 21.3. The fourth-order valence-electron chi connectivity index (χ4n) is 1.33. The van der Waals surface area contributed by atoms with Gasteiger partial charge in [-0.25, -0.2) is 4.79 Å². The molecule has 0 aromatic rings. The molecule has 0 unspecified atom stereocenters. The standard InChI is InChI=1S/C15H29NO7.CH4/c1-15(2,3)23-14(18)16-4-6-19-8-10-21-12-13-22-11-9-20-7-5-17;/h5H,4,6-13H2,1-3H3,(H,16,18);1H4. The van der Waals surface area contributed by atoms with Gasteiger partial charge < -0.3 is 33.8 Å². The van der Waals surface area contributed by atoms with Gasteiger partial charge >= 0.3 is 6.09 Å². The lowest BCUT2D eigenvalue weighted by Crippen LogP contribution is -2.34. The van der Waals surface area contributed by atoms with Gasteiger partial charge in [-0.3, -0.25) is 0 Å². The zero-order valence-electron chi connectivity index (χ0n) is 14.3. The third-order valence-electron chi connectivity index (χ3n) is 2.22. The summed E-state index contributed by atoms with van der Waals surface area (Å²) >= 11 is 0. The van der Waals surface area contributed by atoms with E-state index >= 15 is 0 Å². The molecule has 0 atom stereocenters. The SMILES string of the molecule is C.CC(C)(C)OC(=O)NCCOCCOCCOCCOCC=O. The van der Waals surface area contributed by atoms with E-state index in [1.54, 1.807) is 0 Å². The highest BCUT2D eigenvalue weighted by atomic mass is 16.6. The number of hydrogen-bond acceptors (Lipinski definition) is 7. The number of aldehydes is 1. The highest BCUT2D eigenvalue weighted by molar-refractivity contribution is 5.67. The molecule has 0 saturated heterocycles. The molecule has 1 amide bonds. The minimum Gasteiger partial charge on any atom is -0.444 e. The van der Waals surface area contributed by atoms with Crippen LogP contribution >= 0.6 is 0 Å². The summed E-state index contributed by atoms with van der Waals surface area (Å²) in [5.41, 5.74) is -0.499. The molecule has 0 bridgehead atoms. The van der Waals surface area contributed by atoms with Crippen molar-refractivity contribution in [1.29, 1.82) is 0 Å². The molecule has 0 spiro atoms. The lowest BCUT2D eigenvalue weighted by Gasteiger charge is -2.19. The Morgan fingerprint density at radius 1 is 0.875 bits per heavy atom. The molecular weight excluding hydrogens is 318 g/mol. The van der Waals surface area contributed by atoms with Gasteiger partial charge in [0.05, 0.1) is 46.2 Å². The topological polar surface area (TPSA) is 92.3 Å². The largest absolute Gasteiger partial charge is 0.444 e. The van der Waals surface area contributed by atoms with Crippen molar-refractivity contribution in [3.8, 4) is 0 Å². The summed E-state index contributed by atoms with van der Waals surface area (Å²) in [5, 5.41) is 2.60. The van der Waals surface area contributed by atoms with Crippen molar-refractivity contribution in [2.24, 2.45) is 0 Å². The maximum absolute atomic E-state index is 11.3. The van der Waals surface area contributed by atoms with Crippen LogP contribution in [0, 0.1) is 0 Å². The van der Waals surface area contributed by atoms with Gasteiger partial charge in [-0.15, -0.1) is 0 Å². The molecule has 0 aliphatic carbocycles. The first-order valence-electron chi connectivity index (χ1n) is 7.67. The second-order valence-electron chi connectivity index (χ2n) is 5.51. The molecule has 24 heavy (non-hydrogen) atoms.